The molecule has 0 aliphatic heterocycles. The van der Waals surface area contributed by atoms with Crippen LogP contribution in [-0.2, 0) is 5.41 Å². The molecule has 0 N–H and O–H groups in total. The molecular formula is C15H20BrF2O2Si. The van der Waals surface area contributed by atoms with Crippen molar-refractivity contribution in [1.82, 2.24) is 0 Å². The number of halogens is 3. The van der Waals surface area contributed by atoms with E-state index in [-0.39, 0.29) is 11.0 Å². The number of ether oxygens (including phenoxy) is 1. The van der Waals surface area contributed by atoms with Crippen molar-refractivity contribution in [2.24, 2.45) is 0 Å². The second kappa shape index (κ2) is 6.92. The summed E-state index contributed by atoms with van der Waals surface area (Å²) in [6.07, 6.45) is 0. The third-order valence-electron chi connectivity index (χ3n) is 2.80. The van der Waals surface area contributed by atoms with Gasteiger partial charge in [-0.2, -0.15) is 4.39 Å². The van der Waals surface area contributed by atoms with Crippen molar-refractivity contribution >= 4 is 30.8 Å². The van der Waals surface area contributed by atoms with Crippen molar-refractivity contribution in [1.29, 1.82) is 0 Å². The van der Waals surface area contributed by atoms with E-state index >= 15 is 0 Å². The van der Waals surface area contributed by atoms with Gasteiger partial charge in [0.25, 0.3) is 9.04 Å². The molecule has 0 heterocycles. The maximum absolute atomic E-state index is 14.1. The summed E-state index contributed by atoms with van der Waals surface area (Å²) in [4.78, 5) is 0. The van der Waals surface area contributed by atoms with E-state index in [0.29, 0.717) is 11.5 Å². The molecule has 0 saturated heterocycles. The fourth-order valence-corrected chi connectivity index (χ4v) is 2.86. The molecule has 0 aliphatic carbocycles. The van der Waals surface area contributed by atoms with Crippen LogP contribution >= 0.6 is 15.9 Å². The number of hydrogen-bond acceptors (Lipinski definition) is 2. The van der Waals surface area contributed by atoms with Crippen LogP contribution in [0.15, 0.2) is 16.9 Å². The molecule has 1 radical (unpaired) electrons. The largest absolute Gasteiger partial charge is 0.542 e. The van der Waals surface area contributed by atoms with E-state index in [9.17, 15) is 8.78 Å². The van der Waals surface area contributed by atoms with Crippen molar-refractivity contribution < 1.29 is 17.9 Å². The van der Waals surface area contributed by atoms with Crippen LogP contribution in [0.5, 0.6) is 11.5 Å². The molecule has 2 nitrogen and oxygen atoms in total. The SMILES string of the molecule is COc1ccc(/C(F)=C(/F)Br)c(O[Si](C)C)c1C(C)(C)C. The minimum atomic E-state index is -1.16. The maximum Gasteiger partial charge on any atom is 0.274 e. The van der Waals surface area contributed by atoms with Crippen molar-refractivity contribution in [3.8, 4) is 11.5 Å². The summed E-state index contributed by atoms with van der Waals surface area (Å²) in [5.74, 6) is -0.0125. The zero-order chi connectivity index (χ0) is 16.4. The summed E-state index contributed by atoms with van der Waals surface area (Å²) in [5, 5.41) is 0. The highest BCUT2D eigenvalue weighted by Gasteiger charge is 2.28. The summed E-state index contributed by atoms with van der Waals surface area (Å²) < 4.78 is 37.6. The van der Waals surface area contributed by atoms with Gasteiger partial charge >= 0.3 is 0 Å². The zero-order valence-electron chi connectivity index (χ0n) is 13.1. The van der Waals surface area contributed by atoms with Crippen molar-refractivity contribution in [2.75, 3.05) is 7.11 Å². The molecule has 21 heavy (non-hydrogen) atoms. The third-order valence-corrected chi connectivity index (χ3v) is 3.76. The van der Waals surface area contributed by atoms with Gasteiger partial charge in [-0.05, 0) is 46.6 Å². The topological polar surface area (TPSA) is 18.5 Å². The van der Waals surface area contributed by atoms with Crippen molar-refractivity contribution in [3.63, 3.8) is 0 Å². The highest BCUT2D eigenvalue weighted by atomic mass is 79.9. The lowest BCUT2D eigenvalue weighted by molar-refractivity contribution is 0.390. The van der Waals surface area contributed by atoms with E-state index in [2.05, 4.69) is 15.9 Å². The van der Waals surface area contributed by atoms with Crippen LogP contribution in [0.25, 0.3) is 5.83 Å². The first kappa shape index (κ1) is 18.2. The normalized spacial score (nSPS) is 13.2. The van der Waals surface area contributed by atoms with Gasteiger partial charge in [0.2, 0.25) is 4.74 Å². The molecule has 0 aromatic heterocycles. The zero-order valence-corrected chi connectivity index (χ0v) is 15.7. The Morgan fingerprint density at radius 1 is 1.19 bits per heavy atom. The summed E-state index contributed by atoms with van der Waals surface area (Å²) in [5.41, 5.74) is 0.496. The van der Waals surface area contributed by atoms with Gasteiger partial charge in [0.05, 0.1) is 12.7 Å². The first-order valence-corrected chi connectivity index (χ1v) is 9.70. The Balaban J connectivity index is 3.72. The fourth-order valence-electron chi connectivity index (χ4n) is 2.03. The molecule has 6 heteroatoms. The van der Waals surface area contributed by atoms with E-state index < -0.39 is 19.6 Å². The van der Waals surface area contributed by atoms with Crippen LogP contribution in [0.1, 0.15) is 31.9 Å². The first-order valence-electron chi connectivity index (χ1n) is 6.50. The molecule has 0 atom stereocenters. The lowest BCUT2D eigenvalue weighted by Gasteiger charge is -2.28. The van der Waals surface area contributed by atoms with Crippen LogP contribution < -0.4 is 9.16 Å². The van der Waals surface area contributed by atoms with Gasteiger partial charge in [-0.15, -0.1) is 0 Å². The molecule has 117 valence electrons. The van der Waals surface area contributed by atoms with Crippen LogP contribution in [0.3, 0.4) is 0 Å². The van der Waals surface area contributed by atoms with Crippen LogP contribution in [0, 0.1) is 0 Å². The Bertz CT molecular complexity index is 547. The minimum Gasteiger partial charge on any atom is -0.542 e. The molecule has 0 saturated carbocycles. The quantitative estimate of drug-likeness (QED) is 0.637. The Morgan fingerprint density at radius 3 is 2.14 bits per heavy atom. The Kier molecular flexibility index (Phi) is 5.98. The second-order valence-corrected chi connectivity index (χ2v) is 8.57. The van der Waals surface area contributed by atoms with E-state index in [1.807, 2.05) is 33.9 Å². The van der Waals surface area contributed by atoms with Gasteiger partial charge in [-0.1, -0.05) is 20.8 Å². The third kappa shape index (κ3) is 4.29. The van der Waals surface area contributed by atoms with Gasteiger partial charge in [0, 0.05) is 5.56 Å². The Morgan fingerprint density at radius 2 is 1.76 bits per heavy atom. The number of hydrogen-bond donors (Lipinski definition) is 0. The van der Waals surface area contributed by atoms with E-state index in [0.717, 1.165) is 5.56 Å². The van der Waals surface area contributed by atoms with Crippen LogP contribution in [0.4, 0.5) is 8.78 Å². The molecule has 0 bridgehead atoms. The van der Waals surface area contributed by atoms with E-state index in [1.54, 1.807) is 13.2 Å². The molecule has 1 aromatic carbocycles. The van der Waals surface area contributed by atoms with E-state index in [4.69, 9.17) is 9.16 Å². The van der Waals surface area contributed by atoms with Gasteiger partial charge in [0.15, 0.2) is 5.83 Å². The lowest BCUT2D eigenvalue weighted by Crippen LogP contribution is -2.20. The summed E-state index contributed by atoms with van der Waals surface area (Å²) in [6.45, 7) is 9.81. The smallest absolute Gasteiger partial charge is 0.274 e. The van der Waals surface area contributed by atoms with Crippen molar-refractivity contribution in [3.05, 3.63) is 28.0 Å². The summed E-state index contributed by atoms with van der Waals surface area (Å²) >= 11 is 2.55. The second-order valence-electron chi connectivity index (χ2n) is 5.85. The van der Waals surface area contributed by atoms with Gasteiger partial charge < -0.3 is 9.16 Å². The molecule has 1 rings (SSSR count). The first-order chi connectivity index (χ1) is 9.59. The lowest BCUT2D eigenvalue weighted by atomic mass is 9.84. The number of benzene rings is 1. The van der Waals surface area contributed by atoms with Gasteiger partial charge in [-0.25, -0.2) is 4.39 Å². The van der Waals surface area contributed by atoms with Gasteiger partial charge in [-0.3, -0.25) is 0 Å². The number of rotatable bonds is 4. The highest BCUT2D eigenvalue weighted by Crippen LogP contribution is 2.44. The average Bonchev–Trinajstić information content (AvgIpc) is 2.35. The molecular weight excluding hydrogens is 358 g/mol. The summed E-state index contributed by atoms with van der Waals surface area (Å²) in [6, 6.07) is 3.11. The monoisotopic (exact) mass is 377 g/mol. The summed E-state index contributed by atoms with van der Waals surface area (Å²) in [7, 11) is 0.394. The predicted octanol–water partition coefficient (Wildman–Crippen LogP) is 5.58. The number of methoxy groups -OCH3 is 1. The van der Waals surface area contributed by atoms with Crippen molar-refractivity contribution in [2.45, 2.75) is 39.3 Å². The Hall–Kier alpha value is -0.883. The average molecular weight is 378 g/mol. The van der Waals surface area contributed by atoms with Crippen LogP contribution in [0.2, 0.25) is 13.1 Å². The minimum absolute atomic E-state index is 0.0984. The maximum atomic E-state index is 14.1. The molecule has 0 spiro atoms. The molecule has 0 unspecified atom stereocenters. The Labute approximate surface area is 135 Å². The molecule has 0 aliphatic rings. The highest BCUT2D eigenvalue weighted by molar-refractivity contribution is 9.11. The predicted molar refractivity (Wildman–Crippen MR) is 87.9 cm³/mol. The van der Waals surface area contributed by atoms with Crippen LogP contribution in [-0.4, -0.2) is 16.2 Å². The standard InChI is InChI=1S/C15H20BrF2O2Si/c1-15(2,3)11-10(19-4)8-7-9(12(17)14(16)18)13(11)20-21(5)6/h7-8H,1-6H3/b14-12-. The molecule has 1 aromatic rings. The molecule has 0 amide bonds. The molecule has 0 fully saturated rings. The van der Waals surface area contributed by atoms with Gasteiger partial charge in [0.1, 0.15) is 11.5 Å². The fraction of sp³-hybridized carbons (Fsp3) is 0.467. The van der Waals surface area contributed by atoms with E-state index in [1.165, 1.54) is 6.07 Å².